The van der Waals surface area contributed by atoms with Crippen LogP contribution >= 0.6 is 0 Å². The van der Waals surface area contributed by atoms with Gasteiger partial charge in [0.2, 0.25) is 0 Å². The maximum absolute atomic E-state index is 2.25. The molecule has 64 valence electrons. The first kappa shape index (κ1) is 9.05. The van der Waals surface area contributed by atoms with Gasteiger partial charge in [0.1, 0.15) is 0 Å². The Kier molecular flexibility index (Phi) is 5.02. The van der Waals surface area contributed by atoms with Gasteiger partial charge in [0.25, 0.3) is 0 Å². The Morgan fingerprint density at radius 3 is 1.50 bits per heavy atom. The maximum atomic E-state index is 2.25. The molecule has 0 spiro atoms. The summed E-state index contributed by atoms with van der Waals surface area (Å²) in [6.45, 7) is 0. The fourth-order valence-corrected chi connectivity index (χ4v) is 1.09. The lowest BCUT2D eigenvalue weighted by molar-refractivity contribution is 1.04. The first-order chi connectivity index (χ1) is 6.00. The molecule has 0 heteroatoms. The first-order valence-corrected chi connectivity index (χ1v) is 4.62. The molecule has 0 atom stereocenters. The Morgan fingerprint density at radius 2 is 1.00 bits per heavy atom. The van der Waals surface area contributed by atoms with Gasteiger partial charge in [0.15, 0.2) is 0 Å². The van der Waals surface area contributed by atoms with Gasteiger partial charge in [-0.15, -0.1) is 0 Å². The molecule has 0 aromatic carbocycles. The second-order valence-electron chi connectivity index (χ2n) is 2.85. The standard InChI is InChI=1S/C12H16/c1-2-4-6-8-10-12-11-9-7-5-3-1/h1-4,7-10H,5-6,11-12H2/b3-1-,4-2+,9-7-,10-8-. The van der Waals surface area contributed by atoms with Gasteiger partial charge in [-0.3, -0.25) is 0 Å². The highest BCUT2D eigenvalue weighted by Gasteiger charge is 1.77. The predicted octanol–water partition coefficient (Wildman–Crippen LogP) is 3.79. The van der Waals surface area contributed by atoms with Crippen LogP contribution in [0.25, 0.3) is 0 Å². The van der Waals surface area contributed by atoms with Crippen molar-refractivity contribution in [2.24, 2.45) is 0 Å². The molecule has 0 bridgehead atoms. The first-order valence-electron chi connectivity index (χ1n) is 4.62. The summed E-state index contributed by atoms with van der Waals surface area (Å²) in [5, 5.41) is 0. The molecule has 0 saturated carbocycles. The molecule has 0 N–H and O–H groups in total. The van der Waals surface area contributed by atoms with Crippen LogP contribution < -0.4 is 0 Å². The lowest BCUT2D eigenvalue weighted by atomic mass is 10.2. The van der Waals surface area contributed by atoms with Crippen LogP contribution in [0.15, 0.2) is 48.6 Å². The summed E-state index contributed by atoms with van der Waals surface area (Å²) in [4.78, 5) is 0. The lowest BCUT2D eigenvalue weighted by Gasteiger charge is -1.88. The second kappa shape index (κ2) is 6.66. The Labute approximate surface area is 75.0 Å². The predicted molar refractivity (Wildman–Crippen MR) is 55.0 cm³/mol. The van der Waals surface area contributed by atoms with Crippen molar-refractivity contribution in [1.82, 2.24) is 0 Å². The topological polar surface area (TPSA) is 0 Å². The summed E-state index contributed by atoms with van der Waals surface area (Å²) in [6, 6.07) is 0. The van der Waals surface area contributed by atoms with Crippen LogP contribution in [0.1, 0.15) is 25.7 Å². The van der Waals surface area contributed by atoms with Crippen LogP contribution in [-0.4, -0.2) is 0 Å². The van der Waals surface area contributed by atoms with E-state index < -0.39 is 0 Å². The quantitative estimate of drug-likeness (QED) is 0.473. The van der Waals surface area contributed by atoms with Crippen molar-refractivity contribution in [3.8, 4) is 0 Å². The van der Waals surface area contributed by atoms with Crippen LogP contribution in [0.4, 0.5) is 0 Å². The fourth-order valence-electron chi connectivity index (χ4n) is 1.09. The van der Waals surface area contributed by atoms with Crippen LogP contribution in [0, 0.1) is 0 Å². The molecule has 0 saturated heterocycles. The number of hydrogen-bond donors (Lipinski definition) is 0. The molecule has 0 amide bonds. The molecule has 1 aliphatic rings. The summed E-state index contributed by atoms with van der Waals surface area (Å²) in [5.74, 6) is 0. The van der Waals surface area contributed by atoms with Gasteiger partial charge in [-0.1, -0.05) is 48.6 Å². The number of hydrogen-bond acceptors (Lipinski definition) is 0. The average molecular weight is 160 g/mol. The molecule has 1 rings (SSSR count). The molecule has 0 fully saturated rings. The van der Waals surface area contributed by atoms with Crippen molar-refractivity contribution in [3.63, 3.8) is 0 Å². The molecule has 1 aliphatic carbocycles. The Bertz CT molecular complexity index is 180. The van der Waals surface area contributed by atoms with E-state index in [1.807, 2.05) is 0 Å². The van der Waals surface area contributed by atoms with E-state index in [9.17, 15) is 0 Å². The van der Waals surface area contributed by atoms with Gasteiger partial charge in [-0.05, 0) is 25.7 Å². The molecule has 0 radical (unpaired) electrons. The molecule has 0 aromatic heterocycles. The van der Waals surface area contributed by atoms with Crippen LogP contribution in [0.3, 0.4) is 0 Å². The maximum Gasteiger partial charge on any atom is -0.0166 e. The summed E-state index contributed by atoms with van der Waals surface area (Å²) >= 11 is 0. The van der Waals surface area contributed by atoms with Crippen molar-refractivity contribution in [3.05, 3.63) is 48.6 Å². The van der Waals surface area contributed by atoms with E-state index in [4.69, 9.17) is 0 Å². The molecule has 0 heterocycles. The summed E-state index contributed by atoms with van der Waals surface area (Å²) in [5.41, 5.74) is 0. The van der Waals surface area contributed by atoms with Gasteiger partial charge in [0.05, 0.1) is 0 Å². The zero-order valence-electron chi connectivity index (χ0n) is 7.45. The summed E-state index contributed by atoms with van der Waals surface area (Å²) in [6.07, 6.45) is 22.0. The van der Waals surface area contributed by atoms with Crippen molar-refractivity contribution in [2.45, 2.75) is 25.7 Å². The minimum absolute atomic E-state index is 1.06. The van der Waals surface area contributed by atoms with E-state index in [1.165, 1.54) is 12.8 Å². The van der Waals surface area contributed by atoms with E-state index in [0.29, 0.717) is 0 Å². The molecule has 12 heavy (non-hydrogen) atoms. The van der Waals surface area contributed by atoms with Crippen molar-refractivity contribution >= 4 is 0 Å². The third-order valence-corrected chi connectivity index (χ3v) is 1.76. The lowest BCUT2D eigenvalue weighted by Crippen LogP contribution is -1.67. The average Bonchev–Trinajstić information content (AvgIpc) is 2.05. The third kappa shape index (κ3) is 4.73. The minimum atomic E-state index is 1.06. The van der Waals surface area contributed by atoms with Crippen LogP contribution in [-0.2, 0) is 0 Å². The van der Waals surface area contributed by atoms with Gasteiger partial charge in [-0.25, -0.2) is 0 Å². The molecular formula is C12H16. The second-order valence-corrected chi connectivity index (χ2v) is 2.85. The molecule has 0 unspecified atom stereocenters. The largest absolute Gasteiger partial charge is 0.0879 e. The van der Waals surface area contributed by atoms with Crippen molar-refractivity contribution < 1.29 is 0 Å². The summed E-state index contributed by atoms with van der Waals surface area (Å²) in [7, 11) is 0. The monoisotopic (exact) mass is 160 g/mol. The molecule has 0 aromatic rings. The highest BCUT2D eigenvalue weighted by molar-refractivity contribution is 5.07. The summed E-state index contributed by atoms with van der Waals surface area (Å²) < 4.78 is 0. The SMILES string of the molecule is C1=C\C/C=C\CC/C=C\C/C=C/1. The van der Waals surface area contributed by atoms with E-state index in [-0.39, 0.29) is 0 Å². The van der Waals surface area contributed by atoms with Gasteiger partial charge >= 0.3 is 0 Å². The van der Waals surface area contributed by atoms with Crippen molar-refractivity contribution in [2.75, 3.05) is 0 Å². The van der Waals surface area contributed by atoms with E-state index in [0.717, 1.165) is 12.8 Å². The van der Waals surface area contributed by atoms with E-state index >= 15 is 0 Å². The van der Waals surface area contributed by atoms with Crippen molar-refractivity contribution in [1.29, 1.82) is 0 Å². The number of allylic oxidation sites excluding steroid dienone is 8. The Hall–Kier alpha value is -1.04. The highest BCUT2D eigenvalue weighted by Crippen LogP contribution is 1.98. The smallest absolute Gasteiger partial charge is 0.0166 e. The number of rotatable bonds is 0. The highest BCUT2D eigenvalue weighted by atomic mass is 13.8. The Balaban J connectivity index is 2.41. The minimum Gasteiger partial charge on any atom is -0.0879 e. The van der Waals surface area contributed by atoms with E-state index in [1.54, 1.807) is 0 Å². The molecule has 0 nitrogen and oxygen atoms in total. The van der Waals surface area contributed by atoms with Crippen LogP contribution in [0.5, 0.6) is 0 Å². The zero-order chi connectivity index (χ0) is 8.49. The fraction of sp³-hybridized carbons (Fsp3) is 0.333. The zero-order valence-corrected chi connectivity index (χ0v) is 7.45. The van der Waals surface area contributed by atoms with Gasteiger partial charge in [-0.2, -0.15) is 0 Å². The van der Waals surface area contributed by atoms with Gasteiger partial charge in [0, 0.05) is 0 Å². The van der Waals surface area contributed by atoms with Crippen LogP contribution in [0.2, 0.25) is 0 Å². The normalized spacial score (nSPS) is 29.3. The third-order valence-electron chi connectivity index (χ3n) is 1.76. The molecule has 0 aliphatic heterocycles. The Morgan fingerprint density at radius 1 is 0.500 bits per heavy atom. The molecular weight excluding hydrogens is 144 g/mol. The van der Waals surface area contributed by atoms with Gasteiger partial charge < -0.3 is 0 Å². The van der Waals surface area contributed by atoms with E-state index in [2.05, 4.69) is 48.6 Å².